The summed E-state index contributed by atoms with van der Waals surface area (Å²) in [5.74, 6) is 0. The fraction of sp³-hybridized carbons (Fsp3) is 0.0732. The van der Waals surface area contributed by atoms with Crippen molar-refractivity contribution in [3.63, 3.8) is 0 Å². The Morgan fingerprint density at radius 1 is 0.535 bits per heavy atom. The monoisotopic (exact) mass is 546 g/mol. The fourth-order valence-corrected chi connectivity index (χ4v) is 7.05. The lowest BCUT2D eigenvalue weighted by atomic mass is 9.76. The first kappa shape index (κ1) is 25.0. The number of fused-ring (bicyclic) bond motifs is 7. The van der Waals surface area contributed by atoms with Crippen molar-refractivity contribution in [2.75, 3.05) is 0 Å². The molecule has 0 amide bonds. The van der Waals surface area contributed by atoms with Crippen molar-refractivity contribution in [2.45, 2.75) is 19.3 Å². The van der Waals surface area contributed by atoms with E-state index in [9.17, 15) is 10.5 Å². The topological polar surface area (TPSA) is 47.6 Å². The predicted molar refractivity (Wildman–Crippen MR) is 175 cm³/mol. The molecule has 200 valence electrons. The zero-order valence-electron chi connectivity index (χ0n) is 23.6. The summed E-state index contributed by atoms with van der Waals surface area (Å²) >= 11 is 0. The van der Waals surface area contributed by atoms with Crippen LogP contribution in [-0.2, 0) is 12.8 Å². The number of hydrogen-bond donors (Lipinski definition) is 0. The Kier molecular flexibility index (Phi) is 5.82. The fourth-order valence-electron chi connectivity index (χ4n) is 7.05. The van der Waals surface area contributed by atoms with Gasteiger partial charge in [-0.3, -0.25) is 0 Å². The summed E-state index contributed by atoms with van der Waals surface area (Å²) in [7, 11) is 0. The number of hydrogen-bond acceptors (Lipinski definition) is 2. The Labute approximate surface area is 251 Å². The highest BCUT2D eigenvalue weighted by Gasteiger charge is 2.27. The van der Waals surface area contributed by atoms with Crippen LogP contribution in [0.5, 0.6) is 0 Å². The van der Waals surface area contributed by atoms with Gasteiger partial charge in [-0.15, -0.1) is 0 Å². The van der Waals surface area contributed by atoms with Crippen molar-refractivity contribution in [1.82, 2.24) is 0 Å². The summed E-state index contributed by atoms with van der Waals surface area (Å²) in [6.07, 6.45) is 7.33. The number of benzene rings is 6. The summed E-state index contributed by atoms with van der Waals surface area (Å²) in [6, 6.07) is 42.8. The highest BCUT2D eigenvalue weighted by Crippen LogP contribution is 2.49. The van der Waals surface area contributed by atoms with Crippen molar-refractivity contribution >= 4 is 21.5 Å². The third-order valence-electron chi connectivity index (χ3n) is 9.11. The van der Waals surface area contributed by atoms with Gasteiger partial charge in [-0.2, -0.15) is 10.5 Å². The minimum absolute atomic E-state index is 0.666. The van der Waals surface area contributed by atoms with Crippen LogP contribution in [0.3, 0.4) is 0 Å². The normalized spacial score (nSPS) is 13.5. The molecule has 8 rings (SSSR count). The highest BCUT2D eigenvalue weighted by molar-refractivity contribution is 6.12. The zero-order chi connectivity index (χ0) is 28.9. The molecular formula is C41H26N2. The molecule has 0 unspecified atom stereocenters. The molecule has 6 aromatic rings. The summed E-state index contributed by atoms with van der Waals surface area (Å²) in [5.41, 5.74) is 14.1. The van der Waals surface area contributed by atoms with E-state index < -0.39 is 0 Å². The molecule has 0 atom stereocenters. The van der Waals surface area contributed by atoms with Gasteiger partial charge < -0.3 is 0 Å². The standard InChI is InChI=1S/C41H26N2/c42-24-26-12-16-28(17-13-26)36-22-32-6-1-3-10-34(32)40-38(36)20-30-8-5-9-31(30)21-39-37(29-18-14-27(25-43)15-19-29)23-33-7-2-4-11-35(33)41(39)40/h1-8,10-19,22-23H,9,20-21H2. The van der Waals surface area contributed by atoms with Crippen LogP contribution in [0.25, 0.3) is 54.9 Å². The maximum atomic E-state index is 9.48. The molecule has 2 aliphatic rings. The van der Waals surface area contributed by atoms with Gasteiger partial charge in [0.25, 0.3) is 0 Å². The van der Waals surface area contributed by atoms with E-state index in [0.717, 1.165) is 30.4 Å². The largest absolute Gasteiger partial charge is 0.192 e. The van der Waals surface area contributed by atoms with E-state index in [1.807, 2.05) is 24.3 Å². The van der Waals surface area contributed by atoms with Gasteiger partial charge in [0.2, 0.25) is 0 Å². The highest BCUT2D eigenvalue weighted by atomic mass is 14.3. The Balaban J connectivity index is 1.55. The van der Waals surface area contributed by atoms with E-state index in [2.05, 4.69) is 109 Å². The molecule has 0 saturated carbocycles. The lowest BCUT2D eigenvalue weighted by molar-refractivity contribution is 1.03. The van der Waals surface area contributed by atoms with Crippen LogP contribution in [0.4, 0.5) is 0 Å². The third-order valence-corrected chi connectivity index (χ3v) is 9.11. The Hall–Kier alpha value is -5.70. The van der Waals surface area contributed by atoms with Gasteiger partial charge in [0.15, 0.2) is 0 Å². The molecule has 0 radical (unpaired) electrons. The van der Waals surface area contributed by atoms with Crippen LogP contribution >= 0.6 is 0 Å². The van der Waals surface area contributed by atoms with Crippen molar-refractivity contribution < 1.29 is 0 Å². The van der Waals surface area contributed by atoms with E-state index in [1.54, 1.807) is 0 Å². The van der Waals surface area contributed by atoms with Crippen molar-refractivity contribution in [3.8, 4) is 45.5 Å². The second-order valence-corrected chi connectivity index (χ2v) is 11.5. The number of nitriles is 2. The van der Waals surface area contributed by atoms with E-state index in [-0.39, 0.29) is 0 Å². The Morgan fingerprint density at radius 3 is 1.53 bits per heavy atom. The average molecular weight is 547 g/mol. The van der Waals surface area contributed by atoms with E-state index in [0.29, 0.717) is 11.1 Å². The minimum atomic E-state index is 0.666. The van der Waals surface area contributed by atoms with Crippen LogP contribution in [0, 0.1) is 22.7 Å². The second-order valence-electron chi connectivity index (χ2n) is 11.5. The van der Waals surface area contributed by atoms with Crippen LogP contribution in [-0.4, -0.2) is 0 Å². The molecule has 2 aliphatic carbocycles. The third kappa shape index (κ3) is 4.08. The summed E-state index contributed by atoms with van der Waals surface area (Å²) in [4.78, 5) is 0. The summed E-state index contributed by atoms with van der Waals surface area (Å²) in [6.45, 7) is 0. The second kappa shape index (κ2) is 9.99. The van der Waals surface area contributed by atoms with Gasteiger partial charge in [-0.05, 0) is 127 Å². The Morgan fingerprint density at radius 2 is 1.02 bits per heavy atom. The maximum Gasteiger partial charge on any atom is 0.0991 e. The maximum absolute atomic E-state index is 9.48. The zero-order valence-corrected chi connectivity index (χ0v) is 23.6. The lowest BCUT2D eigenvalue weighted by Crippen LogP contribution is -2.07. The van der Waals surface area contributed by atoms with Gasteiger partial charge in [0, 0.05) is 0 Å². The minimum Gasteiger partial charge on any atom is -0.192 e. The lowest BCUT2D eigenvalue weighted by Gasteiger charge is -2.27. The van der Waals surface area contributed by atoms with Gasteiger partial charge in [0.1, 0.15) is 0 Å². The first-order valence-corrected chi connectivity index (χ1v) is 14.7. The van der Waals surface area contributed by atoms with Gasteiger partial charge >= 0.3 is 0 Å². The molecule has 0 bridgehead atoms. The molecule has 0 aromatic heterocycles. The number of rotatable bonds is 2. The molecular weight excluding hydrogens is 520 g/mol. The first-order chi connectivity index (χ1) is 21.2. The van der Waals surface area contributed by atoms with Gasteiger partial charge in [0.05, 0.1) is 23.3 Å². The molecule has 0 fully saturated rings. The van der Waals surface area contributed by atoms with Gasteiger partial charge in [-0.1, -0.05) is 90.5 Å². The summed E-state index contributed by atoms with van der Waals surface area (Å²) in [5, 5.41) is 23.9. The average Bonchev–Trinajstić information content (AvgIpc) is 3.49. The first-order valence-electron chi connectivity index (χ1n) is 14.7. The molecule has 43 heavy (non-hydrogen) atoms. The van der Waals surface area contributed by atoms with Crippen LogP contribution in [0.1, 0.15) is 28.7 Å². The van der Waals surface area contributed by atoms with Crippen LogP contribution in [0.15, 0.2) is 132 Å². The molecule has 0 aliphatic heterocycles. The van der Waals surface area contributed by atoms with Crippen molar-refractivity contribution in [3.05, 3.63) is 155 Å². The van der Waals surface area contributed by atoms with E-state index >= 15 is 0 Å². The van der Waals surface area contributed by atoms with Crippen LogP contribution < -0.4 is 0 Å². The van der Waals surface area contributed by atoms with Crippen molar-refractivity contribution in [1.29, 1.82) is 10.5 Å². The number of allylic oxidation sites excluding steroid dienone is 4. The molecule has 0 heterocycles. The van der Waals surface area contributed by atoms with Gasteiger partial charge in [-0.25, -0.2) is 0 Å². The molecule has 0 spiro atoms. The molecule has 6 aromatic carbocycles. The van der Waals surface area contributed by atoms with Crippen LogP contribution in [0.2, 0.25) is 0 Å². The molecule has 2 nitrogen and oxygen atoms in total. The van der Waals surface area contributed by atoms with E-state index in [1.165, 1.54) is 66.1 Å². The smallest absolute Gasteiger partial charge is 0.0991 e. The molecule has 0 saturated heterocycles. The Bertz CT molecular complexity index is 2250. The van der Waals surface area contributed by atoms with Crippen molar-refractivity contribution in [2.24, 2.45) is 0 Å². The number of nitrogens with zero attached hydrogens (tertiary/aromatic N) is 2. The SMILES string of the molecule is N#Cc1ccc(-c2cc3ccccc3c3c2CC2=C(CC=C2)Cc2c(-c4ccc(C#N)cc4)cc4ccccc4c2-3)cc1. The molecule has 2 heteroatoms. The summed E-state index contributed by atoms with van der Waals surface area (Å²) < 4.78 is 0. The predicted octanol–water partition coefficient (Wildman–Crippen LogP) is 10.1. The van der Waals surface area contributed by atoms with E-state index in [4.69, 9.17) is 0 Å². The quantitative estimate of drug-likeness (QED) is 0.217. The molecule has 0 N–H and O–H groups in total.